The number of carboxylic acids is 1. The van der Waals surface area contributed by atoms with Crippen LogP contribution in [0.5, 0.6) is 5.75 Å². The summed E-state index contributed by atoms with van der Waals surface area (Å²) in [5.74, 6) is -1.56. The van der Waals surface area contributed by atoms with Gasteiger partial charge in [0.25, 0.3) is 0 Å². The van der Waals surface area contributed by atoms with Crippen LogP contribution in [0.1, 0.15) is 5.56 Å². The molecule has 3 nitrogen and oxygen atoms in total. The smallest absolute Gasteiger partial charge is 0.481 e. The number of benzene rings is 1. The zero-order valence-corrected chi connectivity index (χ0v) is 10.4. The van der Waals surface area contributed by atoms with Gasteiger partial charge in [0.15, 0.2) is 0 Å². The van der Waals surface area contributed by atoms with E-state index in [-0.39, 0.29) is 11.5 Å². The van der Waals surface area contributed by atoms with E-state index in [9.17, 15) is 18.0 Å². The number of carbonyl (C=O) groups is 1. The Labute approximate surface area is 110 Å². The Kier molecular flexibility index (Phi) is 4.97. The minimum atomic E-state index is -4.74. The van der Waals surface area contributed by atoms with E-state index in [0.29, 0.717) is 9.76 Å². The summed E-state index contributed by atoms with van der Waals surface area (Å²) in [4.78, 5) is 10.3. The molecule has 1 aromatic rings. The van der Waals surface area contributed by atoms with Crippen LogP contribution in [0.15, 0.2) is 24.3 Å². The molecule has 0 aliphatic carbocycles. The van der Waals surface area contributed by atoms with E-state index in [2.05, 4.69) is 4.74 Å². The lowest BCUT2D eigenvalue weighted by atomic mass is 10.2. The molecule has 0 saturated heterocycles. The summed E-state index contributed by atoms with van der Waals surface area (Å²) in [5, 5.41) is 8.46. The number of ether oxygens (including phenoxy) is 1. The fourth-order valence-corrected chi connectivity index (χ4v) is 1.87. The fourth-order valence-electron chi connectivity index (χ4n) is 1.00. The molecule has 0 atom stereocenters. The van der Waals surface area contributed by atoms with Crippen molar-refractivity contribution in [2.75, 3.05) is 5.75 Å². The maximum atomic E-state index is 11.9. The number of thiocarbonyl (C=S) groups is 1. The molecule has 0 spiro atoms. The molecule has 0 aliphatic rings. The largest absolute Gasteiger partial charge is 0.573 e. The second-order valence-electron chi connectivity index (χ2n) is 3.04. The molecule has 0 amide bonds. The summed E-state index contributed by atoms with van der Waals surface area (Å²) in [7, 11) is 0. The lowest BCUT2D eigenvalue weighted by Gasteiger charge is -2.09. The van der Waals surface area contributed by atoms with E-state index in [1.807, 2.05) is 0 Å². The molecular weight excluding hydrogens is 289 g/mol. The Bertz CT molecular complexity index is 443. The van der Waals surface area contributed by atoms with E-state index in [4.69, 9.17) is 17.3 Å². The molecule has 0 radical (unpaired) electrons. The van der Waals surface area contributed by atoms with Crippen LogP contribution in [0.3, 0.4) is 0 Å². The highest BCUT2D eigenvalue weighted by molar-refractivity contribution is 8.24. The molecule has 0 aliphatic heterocycles. The normalized spacial score (nSPS) is 11.1. The van der Waals surface area contributed by atoms with E-state index < -0.39 is 12.3 Å². The summed E-state index contributed by atoms with van der Waals surface area (Å²) in [6.45, 7) is 0. The molecule has 18 heavy (non-hydrogen) atoms. The van der Waals surface area contributed by atoms with Crippen molar-refractivity contribution in [3.8, 4) is 5.75 Å². The Hall–Kier alpha value is -1.28. The van der Waals surface area contributed by atoms with Crippen LogP contribution in [0, 0.1) is 0 Å². The number of halogens is 3. The van der Waals surface area contributed by atoms with Crippen LogP contribution in [0.25, 0.3) is 0 Å². The Morgan fingerprint density at radius 1 is 1.33 bits per heavy atom. The van der Waals surface area contributed by atoms with Crippen molar-refractivity contribution in [3.63, 3.8) is 0 Å². The van der Waals surface area contributed by atoms with E-state index in [1.54, 1.807) is 0 Å². The Morgan fingerprint density at radius 2 is 1.89 bits per heavy atom. The molecule has 8 heteroatoms. The van der Waals surface area contributed by atoms with Gasteiger partial charge >= 0.3 is 12.3 Å². The number of alkyl halides is 3. The lowest BCUT2D eigenvalue weighted by Crippen LogP contribution is -2.17. The lowest BCUT2D eigenvalue weighted by molar-refractivity contribution is -0.274. The maximum Gasteiger partial charge on any atom is 0.573 e. The van der Waals surface area contributed by atoms with Gasteiger partial charge in [-0.05, 0) is 29.8 Å². The van der Waals surface area contributed by atoms with Gasteiger partial charge in [0.1, 0.15) is 5.75 Å². The molecule has 0 bridgehead atoms. The third-order valence-corrected chi connectivity index (χ3v) is 3.13. The summed E-state index contributed by atoms with van der Waals surface area (Å²) < 4.78 is 39.7. The first kappa shape index (κ1) is 14.8. The zero-order chi connectivity index (χ0) is 13.8. The van der Waals surface area contributed by atoms with Crippen LogP contribution in [0.2, 0.25) is 0 Å². The van der Waals surface area contributed by atoms with Crippen molar-refractivity contribution in [1.29, 1.82) is 0 Å². The van der Waals surface area contributed by atoms with Crippen LogP contribution in [-0.2, 0) is 4.79 Å². The quantitative estimate of drug-likeness (QED) is 0.865. The van der Waals surface area contributed by atoms with Gasteiger partial charge in [0.05, 0.1) is 9.95 Å². The number of hydrogen-bond acceptors (Lipinski definition) is 4. The molecule has 0 aromatic heterocycles. The third kappa shape index (κ3) is 5.37. The van der Waals surface area contributed by atoms with Gasteiger partial charge in [-0.1, -0.05) is 12.2 Å². The summed E-state index contributed by atoms with van der Waals surface area (Å²) in [6, 6.07) is 4.93. The summed E-state index contributed by atoms with van der Waals surface area (Å²) in [5.41, 5.74) is 0.478. The fraction of sp³-hybridized carbons (Fsp3) is 0.200. The second kappa shape index (κ2) is 6.05. The second-order valence-corrected chi connectivity index (χ2v) is 4.69. The zero-order valence-electron chi connectivity index (χ0n) is 8.73. The third-order valence-electron chi connectivity index (χ3n) is 1.65. The van der Waals surface area contributed by atoms with Gasteiger partial charge in [0.2, 0.25) is 0 Å². The van der Waals surface area contributed by atoms with Crippen molar-refractivity contribution < 1.29 is 27.8 Å². The number of carboxylic acid groups (broad SMARTS) is 1. The van der Waals surface area contributed by atoms with Crippen molar-refractivity contribution in [2.24, 2.45) is 0 Å². The number of rotatable bonds is 4. The average Bonchev–Trinajstić information content (AvgIpc) is 2.24. The number of thioether (sulfide) groups is 1. The number of aliphatic carboxylic acids is 1. The summed E-state index contributed by atoms with van der Waals surface area (Å²) >= 11 is 5.85. The molecule has 0 saturated carbocycles. The first-order valence-corrected chi connectivity index (χ1v) is 5.92. The van der Waals surface area contributed by atoms with Gasteiger partial charge in [-0.25, -0.2) is 0 Å². The van der Waals surface area contributed by atoms with E-state index in [1.165, 1.54) is 12.1 Å². The van der Waals surface area contributed by atoms with Gasteiger partial charge < -0.3 is 9.84 Å². The van der Waals surface area contributed by atoms with Gasteiger partial charge in [-0.15, -0.1) is 24.9 Å². The molecule has 1 rings (SSSR count). The maximum absolute atomic E-state index is 11.9. The van der Waals surface area contributed by atoms with Crippen LogP contribution < -0.4 is 4.74 Å². The molecule has 0 heterocycles. The first-order valence-electron chi connectivity index (χ1n) is 4.52. The van der Waals surface area contributed by atoms with Gasteiger partial charge in [-0.3, -0.25) is 4.79 Å². The minimum absolute atomic E-state index is 0.195. The van der Waals surface area contributed by atoms with Crippen molar-refractivity contribution >= 4 is 34.1 Å². The average molecular weight is 296 g/mol. The van der Waals surface area contributed by atoms with Gasteiger partial charge in [-0.2, -0.15) is 0 Å². The molecule has 98 valence electrons. The highest BCUT2D eigenvalue weighted by Crippen LogP contribution is 2.24. The topological polar surface area (TPSA) is 46.5 Å². The van der Waals surface area contributed by atoms with Crippen LogP contribution in [-0.4, -0.2) is 27.4 Å². The van der Waals surface area contributed by atoms with Gasteiger partial charge in [0, 0.05) is 0 Å². The predicted molar refractivity (Wildman–Crippen MR) is 64.9 cm³/mol. The molecule has 1 N–H and O–H groups in total. The van der Waals surface area contributed by atoms with Crippen LogP contribution in [0.4, 0.5) is 13.2 Å². The van der Waals surface area contributed by atoms with Crippen molar-refractivity contribution in [1.82, 2.24) is 0 Å². The Morgan fingerprint density at radius 3 is 2.33 bits per heavy atom. The van der Waals surface area contributed by atoms with E-state index >= 15 is 0 Å². The van der Waals surface area contributed by atoms with Crippen LogP contribution >= 0.6 is 24.0 Å². The van der Waals surface area contributed by atoms with E-state index in [0.717, 1.165) is 23.9 Å². The molecule has 0 fully saturated rings. The summed E-state index contributed by atoms with van der Waals surface area (Å²) in [6.07, 6.45) is -4.74. The predicted octanol–water partition coefficient (Wildman–Crippen LogP) is 3.08. The van der Waals surface area contributed by atoms with Crippen molar-refractivity contribution in [3.05, 3.63) is 29.8 Å². The SMILES string of the molecule is O=C(O)CSC(=S)c1ccc(OC(F)(F)F)cc1. The first-order chi connectivity index (χ1) is 8.28. The van der Waals surface area contributed by atoms with Crippen molar-refractivity contribution in [2.45, 2.75) is 6.36 Å². The highest BCUT2D eigenvalue weighted by Gasteiger charge is 2.30. The monoisotopic (exact) mass is 296 g/mol. The minimum Gasteiger partial charge on any atom is -0.481 e. The number of hydrogen-bond donors (Lipinski definition) is 1. The molecule has 0 unspecified atom stereocenters. The Balaban J connectivity index is 2.65. The highest BCUT2D eigenvalue weighted by atomic mass is 32.2. The standard InChI is InChI=1S/C10H7F3O3S2/c11-10(12,13)16-7-3-1-6(2-4-7)9(17)18-5-8(14)15/h1-4H,5H2,(H,14,15). The molecular formula is C10H7F3O3S2. The molecule has 1 aromatic carbocycles.